The summed E-state index contributed by atoms with van der Waals surface area (Å²) >= 11 is 0. The molecular weight excluding hydrogens is 424 g/mol. The summed E-state index contributed by atoms with van der Waals surface area (Å²) in [5, 5.41) is 10.6. The second-order valence-corrected chi connectivity index (χ2v) is 6.15. The van der Waals surface area contributed by atoms with E-state index in [2.05, 4.69) is 25.3 Å². The zero-order valence-corrected chi connectivity index (χ0v) is 16.7. The number of nitrogen functional groups attached to an aromatic ring is 1. The molecule has 13 heteroatoms. The highest BCUT2D eigenvalue weighted by Crippen LogP contribution is 2.31. The molecule has 0 unspecified atom stereocenters. The summed E-state index contributed by atoms with van der Waals surface area (Å²) < 4.78 is 19.7. The number of nitrogens with zero attached hydrogens (tertiary/aromatic N) is 3. The molecule has 0 saturated heterocycles. The van der Waals surface area contributed by atoms with E-state index in [4.69, 9.17) is 25.0 Å². The summed E-state index contributed by atoms with van der Waals surface area (Å²) in [4.78, 5) is 37.3. The van der Waals surface area contributed by atoms with E-state index < -0.39 is 24.4 Å². The number of nitrogens with one attached hydrogen (secondary N) is 1. The zero-order valence-electron chi connectivity index (χ0n) is 16.7. The Balaban J connectivity index is 1.68. The SMILES string of the molecule is Cc1oc(=O)oc1COc1ccccc1N=Nc1ccc(NC(=O)COC(N)=O)nc1N. The maximum absolute atomic E-state index is 11.6. The smallest absolute Gasteiger partial charge is 0.483 e. The van der Waals surface area contributed by atoms with Crippen LogP contribution in [0.4, 0.5) is 27.8 Å². The summed E-state index contributed by atoms with van der Waals surface area (Å²) in [5.74, 6) is -0.367. The van der Waals surface area contributed by atoms with Gasteiger partial charge in [0, 0.05) is 0 Å². The van der Waals surface area contributed by atoms with Crippen LogP contribution in [-0.2, 0) is 16.1 Å². The Bertz CT molecular complexity index is 1220. The predicted octanol–water partition coefficient (Wildman–Crippen LogP) is 2.55. The number of benzene rings is 1. The lowest BCUT2D eigenvalue weighted by Gasteiger charge is -2.07. The van der Waals surface area contributed by atoms with Gasteiger partial charge in [0.1, 0.15) is 29.5 Å². The van der Waals surface area contributed by atoms with Crippen LogP contribution in [0, 0.1) is 6.92 Å². The number of pyridine rings is 1. The number of para-hydroxylation sites is 1. The average Bonchev–Trinajstić information content (AvgIpc) is 3.07. The van der Waals surface area contributed by atoms with E-state index in [1.165, 1.54) is 12.1 Å². The Morgan fingerprint density at radius 1 is 1.12 bits per heavy atom. The first-order valence-electron chi connectivity index (χ1n) is 9.03. The zero-order chi connectivity index (χ0) is 23.1. The van der Waals surface area contributed by atoms with Gasteiger partial charge in [-0.15, -0.1) is 10.2 Å². The van der Waals surface area contributed by atoms with Gasteiger partial charge in [-0.3, -0.25) is 4.79 Å². The first-order chi connectivity index (χ1) is 15.3. The highest BCUT2D eigenvalue weighted by Gasteiger charge is 2.11. The number of aryl methyl sites for hydroxylation is 1. The van der Waals surface area contributed by atoms with Crippen LogP contribution in [0.15, 0.2) is 60.3 Å². The molecular formula is C19H18N6O7. The highest BCUT2D eigenvalue weighted by atomic mass is 16.6. The van der Waals surface area contributed by atoms with Crippen molar-refractivity contribution in [3.05, 3.63) is 58.5 Å². The molecule has 166 valence electrons. The minimum Gasteiger partial charge on any atom is -0.483 e. The van der Waals surface area contributed by atoms with E-state index in [0.29, 0.717) is 17.2 Å². The molecule has 0 fully saturated rings. The van der Waals surface area contributed by atoms with Crippen molar-refractivity contribution < 1.29 is 27.9 Å². The fraction of sp³-hybridized carbons (Fsp3) is 0.158. The van der Waals surface area contributed by atoms with Crippen molar-refractivity contribution in [2.45, 2.75) is 13.5 Å². The molecule has 0 aliphatic rings. The predicted molar refractivity (Wildman–Crippen MR) is 110 cm³/mol. The topological polar surface area (TPSA) is 198 Å². The van der Waals surface area contributed by atoms with E-state index in [9.17, 15) is 14.4 Å². The standard InChI is InChI=1S/C19H18N6O7/c1-10-14(32-19(28)31-10)8-29-13-5-3-2-4-11(13)24-25-12-6-7-15(23-17(12)20)22-16(26)9-30-18(21)27/h2-7H,8-9H2,1H3,(H2,21,27)(H3,20,22,23,26). The van der Waals surface area contributed by atoms with Gasteiger partial charge in [0.05, 0.1) is 0 Å². The number of hydrogen-bond acceptors (Lipinski definition) is 11. The van der Waals surface area contributed by atoms with Gasteiger partial charge in [-0.25, -0.2) is 14.6 Å². The quantitative estimate of drug-likeness (QED) is 0.439. The van der Waals surface area contributed by atoms with E-state index in [0.717, 1.165) is 0 Å². The number of carbonyl (C=O) groups excluding carboxylic acids is 2. The fourth-order valence-corrected chi connectivity index (χ4v) is 2.36. The summed E-state index contributed by atoms with van der Waals surface area (Å²) in [5.41, 5.74) is 11.3. The Hall–Kier alpha value is -4.68. The Morgan fingerprint density at radius 3 is 2.56 bits per heavy atom. The first kappa shape index (κ1) is 22.0. The van der Waals surface area contributed by atoms with Crippen molar-refractivity contribution in [2.75, 3.05) is 17.7 Å². The molecule has 0 aliphatic carbocycles. The molecule has 2 aromatic heterocycles. The van der Waals surface area contributed by atoms with Crippen molar-refractivity contribution in [1.82, 2.24) is 4.98 Å². The Labute approximate surface area is 180 Å². The second-order valence-electron chi connectivity index (χ2n) is 6.15. The van der Waals surface area contributed by atoms with Crippen LogP contribution in [0.1, 0.15) is 11.5 Å². The van der Waals surface area contributed by atoms with Crippen molar-refractivity contribution in [3.8, 4) is 5.75 Å². The third-order valence-electron chi connectivity index (χ3n) is 3.84. The molecule has 0 bridgehead atoms. The molecule has 1 aromatic carbocycles. The van der Waals surface area contributed by atoms with Gasteiger partial charge in [-0.1, -0.05) is 12.1 Å². The van der Waals surface area contributed by atoms with Gasteiger partial charge < -0.3 is 35.1 Å². The number of hydrogen-bond donors (Lipinski definition) is 3. The second kappa shape index (κ2) is 9.88. The van der Waals surface area contributed by atoms with Crippen LogP contribution in [0.2, 0.25) is 0 Å². The van der Waals surface area contributed by atoms with Gasteiger partial charge in [0.15, 0.2) is 23.9 Å². The van der Waals surface area contributed by atoms with E-state index >= 15 is 0 Å². The average molecular weight is 442 g/mol. The molecule has 0 aliphatic heterocycles. The minimum atomic E-state index is -1.07. The Morgan fingerprint density at radius 2 is 1.88 bits per heavy atom. The number of rotatable bonds is 8. The maximum atomic E-state index is 11.6. The molecule has 2 amide bonds. The third-order valence-corrected chi connectivity index (χ3v) is 3.84. The fourth-order valence-electron chi connectivity index (χ4n) is 2.36. The molecule has 0 atom stereocenters. The van der Waals surface area contributed by atoms with Crippen molar-refractivity contribution in [2.24, 2.45) is 16.0 Å². The number of anilines is 2. The lowest BCUT2D eigenvalue weighted by Crippen LogP contribution is -2.24. The number of nitrogens with two attached hydrogens (primary N) is 2. The molecule has 0 saturated carbocycles. The van der Waals surface area contributed by atoms with Crippen molar-refractivity contribution >= 4 is 35.0 Å². The molecule has 32 heavy (non-hydrogen) atoms. The summed E-state index contributed by atoms with van der Waals surface area (Å²) in [7, 11) is 0. The lowest BCUT2D eigenvalue weighted by atomic mass is 10.3. The third kappa shape index (κ3) is 5.91. The molecule has 0 radical (unpaired) electrons. The van der Waals surface area contributed by atoms with Gasteiger partial charge >= 0.3 is 11.9 Å². The van der Waals surface area contributed by atoms with Crippen molar-refractivity contribution in [1.29, 1.82) is 0 Å². The molecule has 3 aromatic rings. The van der Waals surface area contributed by atoms with Crippen LogP contribution >= 0.6 is 0 Å². The maximum Gasteiger partial charge on any atom is 0.519 e. The van der Waals surface area contributed by atoms with Gasteiger partial charge in [-0.2, -0.15) is 0 Å². The molecule has 2 heterocycles. The number of azo groups is 1. The minimum absolute atomic E-state index is 0.00318. The highest BCUT2D eigenvalue weighted by molar-refractivity contribution is 5.92. The monoisotopic (exact) mass is 442 g/mol. The largest absolute Gasteiger partial charge is 0.519 e. The van der Waals surface area contributed by atoms with Crippen LogP contribution in [-0.4, -0.2) is 23.6 Å². The molecule has 5 N–H and O–H groups in total. The summed E-state index contributed by atoms with van der Waals surface area (Å²) in [6.45, 7) is 0.987. The number of carbonyl (C=O) groups is 2. The molecule has 0 spiro atoms. The van der Waals surface area contributed by atoms with E-state index in [1.54, 1.807) is 31.2 Å². The molecule has 3 rings (SSSR count). The van der Waals surface area contributed by atoms with Gasteiger partial charge in [0.2, 0.25) is 0 Å². The van der Waals surface area contributed by atoms with Crippen LogP contribution in [0.25, 0.3) is 0 Å². The van der Waals surface area contributed by atoms with Crippen LogP contribution in [0.5, 0.6) is 5.75 Å². The first-order valence-corrected chi connectivity index (χ1v) is 9.03. The van der Waals surface area contributed by atoms with Gasteiger partial charge in [0.25, 0.3) is 5.91 Å². The number of aromatic nitrogens is 1. The van der Waals surface area contributed by atoms with Crippen LogP contribution in [0.3, 0.4) is 0 Å². The number of ether oxygens (including phenoxy) is 2. The Kier molecular flexibility index (Phi) is 6.80. The number of primary amides is 1. The molecule has 13 nitrogen and oxygen atoms in total. The van der Waals surface area contributed by atoms with E-state index in [-0.39, 0.29) is 29.7 Å². The summed E-state index contributed by atoms with van der Waals surface area (Å²) in [6, 6.07) is 9.73. The normalized spacial score (nSPS) is 10.8. The van der Waals surface area contributed by atoms with E-state index in [1.807, 2.05) is 0 Å². The summed E-state index contributed by atoms with van der Waals surface area (Å²) in [6.07, 6.45) is -1.07. The number of amides is 2. The van der Waals surface area contributed by atoms with Crippen LogP contribution < -0.4 is 27.3 Å². The lowest BCUT2D eigenvalue weighted by molar-refractivity contribution is -0.118. The van der Waals surface area contributed by atoms with Gasteiger partial charge in [-0.05, 0) is 31.2 Å². The van der Waals surface area contributed by atoms with Crippen molar-refractivity contribution in [3.63, 3.8) is 0 Å².